The van der Waals surface area contributed by atoms with Gasteiger partial charge in [-0.25, -0.2) is 0 Å². The zero-order chi connectivity index (χ0) is 8.78. The summed E-state index contributed by atoms with van der Waals surface area (Å²) in [4.78, 5) is 0. The summed E-state index contributed by atoms with van der Waals surface area (Å²) >= 11 is 0. The Morgan fingerprint density at radius 1 is 1.18 bits per heavy atom. The van der Waals surface area contributed by atoms with Crippen molar-refractivity contribution >= 4 is 0 Å². The summed E-state index contributed by atoms with van der Waals surface area (Å²) in [5, 5.41) is 0. The first kappa shape index (κ1) is 18.3. The maximum absolute atomic E-state index is 10.2. The Morgan fingerprint density at radius 3 is 1.27 bits per heavy atom. The van der Waals surface area contributed by atoms with E-state index in [1.54, 1.807) is 0 Å². The Balaban J connectivity index is -0.000000114. The Kier molecular flexibility index (Phi) is 16.0. The van der Waals surface area contributed by atoms with Gasteiger partial charge in [-0.2, -0.15) is 0 Å². The van der Waals surface area contributed by atoms with Crippen LogP contribution in [-0.2, 0) is 0 Å². The Morgan fingerprint density at radius 2 is 1.27 bits per heavy atom. The van der Waals surface area contributed by atoms with E-state index in [0.717, 1.165) is 6.92 Å². The van der Waals surface area contributed by atoms with Crippen LogP contribution in [0.2, 0.25) is 0 Å². The number of hydrogen-bond donors (Lipinski definition) is 0. The van der Waals surface area contributed by atoms with E-state index in [2.05, 4.69) is 27.7 Å². The van der Waals surface area contributed by atoms with Gasteiger partial charge in [0.05, 0.1) is 0 Å². The summed E-state index contributed by atoms with van der Waals surface area (Å²) in [5.74, 6) is 0. The molecule has 0 saturated carbocycles. The average molecular weight is 190 g/mol. The molecule has 0 unspecified atom stereocenters. The molecular formula is C8H17F2K. The van der Waals surface area contributed by atoms with E-state index in [1.165, 1.54) is 6.42 Å². The minimum atomic E-state index is -1.58. The van der Waals surface area contributed by atoms with Gasteiger partial charge in [0.15, 0.2) is 0 Å². The van der Waals surface area contributed by atoms with Crippen LogP contribution in [-0.4, -0.2) is 0 Å². The largest absolute Gasteiger partial charge is 1.00 e. The van der Waals surface area contributed by atoms with Gasteiger partial charge in [-0.1, -0.05) is 34.1 Å². The SMILES string of the molecule is CCC(C)(C)C.C[C-](F)F.[K+]. The van der Waals surface area contributed by atoms with Crippen LogP contribution in [0.25, 0.3) is 0 Å². The van der Waals surface area contributed by atoms with Crippen molar-refractivity contribution in [2.45, 2.75) is 41.0 Å². The molecule has 0 nitrogen and oxygen atoms in total. The molecule has 0 aromatic heterocycles. The molecule has 0 saturated heterocycles. The third-order valence-electron chi connectivity index (χ3n) is 1.06. The molecule has 0 bridgehead atoms. The van der Waals surface area contributed by atoms with Crippen LogP contribution >= 0.6 is 0 Å². The predicted octanol–water partition coefficient (Wildman–Crippen LogP) is 0.881. The fourth-order valence-corrected chi connectivity index (χ4v) is 0. The van der Waals surface area contributed by atoms with Crippen molar-refractivity contribution in [1.82, 2.24) is 0 Å². The van der Waals surface area contributed by atoms with Crippen molar-refractivity contribution in [3.05, 3.63) is 6.43 Å². The molecule has 0 aliphatic heterocycles. The molecule has 0 spiro atoms. The Hall–Kier alpha value is 1.50. The van der Waals surface area contributed by atoms with Crippen LogP contribution in [0.4, 0.5) is 8.78 Å². The van der Waals surface area contributed by atoms with Crippen molar-refractivity contribution in [3.8, 4) is 0 Å². The molecular weight excluding hydrogens is 173 g/mol. The summed E-state index contributed by atoms with van der Waals surface area (Å²) < 4.78 is 20.5. The topological polar surface area (TPSA) is 0 Å². The van der Waals surface area contributed by atoms with Gasteiger partial charge in [-0.05, 0) is 11.8 Å². The first-order chi connectivity index (χ1) is 4.29. The van der Waals surface area contributed by atoms with Gasteiger partial charge in [0.25, 0.3) is 0 Å². The molecule has 0 heterocycles. The summed E-state index contributed by atoms with van der Waals surface area (Å²) in [6, 6.07) is 0. The molecule has 0 atom stereocenters. The normalized spacial score (nSPS) is 9.82. The molecule has 0 rings (SSSR count). The second-order valence-corrected chi connectivity index (χ2v) is 3.36. The van der Waals surface area contributed by atoms with E-state index in [4.69, 9.17) is 0 Å². The molecule has 11 heavy (non-hydrogen) atoms. The summed E-state index contributed by atoms with van der Waals surface area (Å²) in [6.45, 7) is 9.69. The molecule has 0 aromatic rings. The fraction of sp³-hybridized carbons (Fsp3) is 0.875. The van der Waals surface area contributed by atoms with Crippen LogP contribution in [0.15, 0.2) is 0 Å². The van der Waals surface area contributed by atoms with Crippen LogP contribution in [0.5, 0.6) is 0 Å². The van der Waals surface area contributed by atoms with Gasteiger partial charge in [-0.3, -0.25) is 0 Å². The maximum Gasteiger partial charge on any atom is 1.00 e. The molecule has 0 amide bonds. The molecule has 0 aromatic carbocycles. The minimum Gasteiger partial charge on any atom is -0.422 e. The smallest absolute Gasteiger partial charge is 0.422 e. The first-order valence-electron chi connectivity index (χ1n) is 3.44. The monoisotopic (exact) mass is 190 g/mol. The molecule has 0 aliphatic carbocycles. The van der Waals surface area contributed by atoms with Crippen molar-refractivity contribution in [2.24, 2.45) is 5.41 Å². The van der Waals surface area contributed by atoms with Gasteiger partial charge in [-0.15, -0.1) is 6.92 Å². The van der Waals surface area contributed by atoms with E-state index in [1.807, 2.05) is 0 Å². The van der Waals surface area contributed by atoms with Crippen LogP contribution in [0.1, 0.15) is 41.0 Å². The third-order valence-corrected chi connectivity index (χ3v) is 1.06. The average Bonchev–Trinajstić information content (AvgIpc) is 1.63. The van der Waals surface area contributed by atoms with E-state index >= 15 is 0 Å². The molecule has 0 aliphatic rings. The third kappa shape index (κ3) is 51.3. The number of halogens is 2. The quantitative estimate of drug-likeness (QED) is 0.393. The van der Waals surface area contributed by atoms with Crippen molar-refractivity contribution < 1.29 is 60.2 Å². The first-order valence-corrected chi connectivity index (χ1v) is 3.44. The standard InChI is InChI=1S/C6H14.C2H3F2.K/c1-5-6(2,3)4;1-2(3)4;/h5H2,1-4H3;1H3;/q;-1;+1. The molecule has 3 heteroatoms. The Bertz CT molecular complexity index is 64.2. The molecule has 0 N–H and O–H groups in total. The molecule has 0 radical (unpaired) electrons. The van der Waals surface area contributed by atoms with Gasteiger partial charge < -0.3 is 8.78 Å². The van der Waals surface area contributed by atoms with E-state index in [-0.39, 0.29) is 51.4 Å². The fourth-order valence-electron chi connectivity index (χ4n) is 0. The van der Waals surface area contributed by atoms with Gasteiger partial charge >= 0.3 is 51.4 Å². The minimum absolute atomic E-state index is 0. The Labute approximate surface area is 112 Å². The second-order valence-electron chi connectivity index (χ2n) is 3.36. The van der Waals surface area contributed by atoms with E-state index in [9.17, 15) is 8.78 Å². The van der Waals surface area contributed by atoms with Crippen LogP contribution < -0.4 is 51.4 Å². The van der Waals surface area contributed by atoms with Crippen LogP contribution in [0, 0.1) is 11.8 Å². The molecule has 0 fully saturated rings. The number of rotatable bonds is 0. The van der Waals surface area contributed by atoms with Gasteiger partial charge in [0, 0.05) is 0 Å². The summed E-state index contributed by atoms with van der Waals surface area (Å²) in [5.41, 5.74) is 0.542. The van der Waals surface area contributed by atoms with Gasteiger partial charge in [0.2, 0.25) is 0 Å². The van der Waals surface area contributed by atoms with Gasteiger partial charge in [0.1, 0.15) is 0 Å². The maximum atomic E-state index is 10.2. The van der Waals surface area contributed by atoms with Crippen molar-refractivity contribution in [3.63, 3.8) is 0 Å². The second kappa shape index (κ2) is 9.58. The van der Waals surface area contributed by atoms with E-state index < -0.39 is 6.43 Å². The zero-order valence-corrected chi connectivity index (χ0v) is 11.6. The predicted molar refractivity (Wildman–Crippen MR) is 40.9 cm³/mol. The summed E-state index contributed by atoms with van der Waals surface area (Å²) in [7, 11) is 0. The van der Waals surface area contributed by atoms with Crippen molar-refractivity contribution in [1.29, 1.82) is 0 Å². The summed E-state index contributed by atoms with van der Waals surface area (Å²) in [6.07, 6.45) is -0.312. The zero-order valence-electron chi connectivity index (χ0n) is 8.46. The van der Waals surface area contributed by atoms with E-state index in [0.29, 0.717) is 5.41 Å². The van der Waals surface area contributed by atoms with Crippen LogP contribution in [0.3, 0.4) is 0 Å². The van der Waals surface area contributed by atoms with Crippen molar-refractivity contribution in [2.75, 3.05) is 0 Å². The number of hydrogen-bond acceptors (Lipinski definition) is 0. The molecule has 64 valence electrons.